The number of hydrogen-bond acceptors (Lipinski definition) is 2. The van der Waals surface area contributed by atoms with E-state index in [-0.39, 0.29) is 0 Å². The van der Waals surface area contributed by atoms with E-state index in [1.165, 1.54) is 5.56 Å². The third-order valence-electron chi connectivity index (χ3n) is 3.78. The van der Waals surface area contributed by atoms with Crippen LogP contribution in [0.15, 0.2) is 42.5 Å². The number of carboxylic acid groups (broad SMARTS) is 1. The van der Waals surface area contributed by atoms with Crippen molar-refractivity contribution in [2.45, 2.75) is 19.8 Å². The van der Waals surface area contributed by atoms with Crippen LogP contribution >= 0.6 is 0 Å². The average molecular weight is 267 g/mol. The van der Waals surface area contributed by atoms with E-state index in [9.17, 15) is 9.90 Å². The van der Waals surface area contributed by atoms with E-state index in [1.54, 1.807) is 6.07 Å². The van der Waals surface area contributed by atoms with Crippen LogP contribution in [0.2, 0.25) is 0 Å². The van der Waals surface area contributed by atoms with Crippen LogP contribution in [0.4, 0.5) is 11.4 Å². The Morgan fingerprint density at radius 2 is 1.95 bits per heavy atom. The molecule has 0 spiro atoms. The molecule has 2 aromatic carbocycles. The lowest BCUT2D eigenvalue weighted by Crippen LogP contribution is -2.26. The van der Waals surface area contributed by atoms with Gasteiger partial charge in [-0.1, -0.05) is 24.3 Å². The Labute approximate surface area is 118 Å². The zero-order valence-electron chi connectivity index (χ0n) is 11.5. The number of anilines is 2. The van der Waals surface area contributed by atoms with Gasteiger partial charge in [-0.2, -0.15) is 0 Å². The average Bonchev–Trinajstić information content (AvgIpc) is 2.46. The maximum absolute atomic E-state index is 11.5. The normalized spacial score (nSPS) is 13.9. The molecule has 0 amide bonds. The molecule has 0 saturated carbocycles. The first kappa shape index (κ1) is 12.7. The van der Waals surface area contributed by atoms with E-state index in [2.05, 4.69) is 17.0 Å². The molecule has 0 fully saturated rings. The minimum Gasteiger partial charge on any atom is -0.478 e. The summed E-state index contributed by atoms with van der Waals surface area (Å²) in [5.74, 6) is -0.872. The smallest absolute Gasteiger partial charge is 0.337 e. The van der Waals surface area contributed by atoms with E-state index < -0.39 is 5.97 Å². The lowest BCUT2D eigenvalue weighted by molar-refractivity contribution is 0.0697. The highest BCUT2D eigenvalue weighted by Crippen LogP contribution is 2.35. The van der Waals surface area contributed by atoms with Gasteiger partial charge in [0.2, 0.25) is 0 Å². The summed E-state index contributed by atoms with van der Waals surface area (Å²) in [6.45, 7) is 2.85. The third-order valence-corrected chi connectivity index (χ3v) is 3.78. The van der Waals surface area contributed by atoms with E-state index in [0.717, 1.165) is 36.3 Å². The molecule has 1 N–H and O–H groups in total. The number of fused-ring (bicyclic) bond motifs is 1. The Morgan fingerprint density at radius 3 is 2.75 bits per heavy atom. The van der Waals surface area contributed by atoms with Crippen molar-refractivity contribution in [1.29, 1.82) is 0 Å². The molecule has 1 aliphatic heterocycles. The predicted molar refractivity (Wildman–Crippen MR) is 79.9 cm³/mol. The molecule has 0 aliphatic carbocycles. The lowest BCUT2D eigenvalue weighted by atomic mass is 9.99. The topological polar surface area (TPSA) is 40.5 Å². The first-order valence-corrected chi connectivity index (χ1v) is 6.86. The Balaban J connectivity index is 2.15. The van der Waals surface area contributed by atoms with Gasteiger partial charge in [0.05, 0.1) is 11.3 Å². The number of carbonyl (C=O) groups is 1. The Hall–Kier alpha value is -2.29. The largest absolute Gasteiger partial charge is 0.478 e. The number of aromatic carboxylic acids is 1. The summed E-state index contributed by atoms with van der Waals surface area (Å²) < 4.78 is 0. The first-order chi connectivity index (χ1) is 9.66. The van der Waals surface area contributed by atoms with Crippen LogP contribution in [-0.4, -0.2) is 17.6 Å². The SMILES string of the molecule is Cc1ccc(C(=O)O)c(N2CCCc3ccccc32)c1. The predicted octanol–water partition coefficient (Wildman–Crippen LogP) is 3.78. The third kappa shape index (κ3) is 2.16. The number of nitrogens with zero attached hydrogens (tertiary/aromatic N) is 1. The van der Waals surface area contributed by atoms with E-state index in [1.807, 2.05) is 31.2 Å². The molecule has 3 heteroatoms. The second-order valence-electron chi connectivity index (χ2n) is 5.21. The van der Waals surface area contributed by atoms with Crippen molar-refractivity contribution in [2.75, 3.05) is 11.4 Å². The number of benzene rings is 2. The van der Waals surface area contributed by atoms with Crippen LogP contribution in [0.25, 0.3) is 0 Å². The van der Waals surface area contributed by atoms with Crippen LogP contribution in [0.5, 0.6) is 0 Å². The van der Waals surface area contributed by atoms with Crippen molar-refractivity contribution in [3.8, 4) is 0 Å². The van der Waals surface area contributed by atoms with Gasteiger partial charge in [-0.15, -0.1) is 0 Å². The highest BCUT2D eigenvalue weighted by atomic mass is 16.4. The van der Waals surface area contributed by atoms with Crippen molar-refractivity contribution in [3.05, 3.63) is 59.2 Å². The van der Waals surface area contributed by atoms with Crippen molar-refractivity contribution in [3.63, 3.8) is 0 Å². The van der Waals surface area contributed by atoms with Crippen molar-refractivity contribution in [2.24, 2.45) is 0 Å². The summed E-state index contributed by atoms with van der Waals surface area (Å²) in [5, 5.41) is 9.41. The van der Waals surface area contributed by atoms with Gasteiger partial charge < -0.3 is 10.0 Å². The molecule has 3 nitrogen and oxygen atoms in total. The number of para-hydroxylation sites is 1. The molecule has 3 rings (SSSR count). The van der Waals surface area contributed by atoms with Crippen LogP contribution in [0.3, 0.4) is 0 Å². The Bertz CT molecular complexity index is 664. The van der Waals surface area contributed by atoms with Crippen LogP contribution < -0.4 is 4.90 Å². The highest BCUT2D eigenvalue weighted by Gasteiger charge is 2.22. The molecule has 0 saturated heterocycles. The molecule has 1 heterocycles. The minimum atomic E-state index is -0.872. The van der Waals surface area contributed by atoms with Gasteiger partial charge in [0.25, 0.3) is 0 Å². The lowest BCUT2D eigenvalue weighted by Gasteiger charge is -2.32. The second-order valence-corrected chi connectivity index (χ2v) is 5.21. The van der Waals surface area contributed by atoms with Gasteiger partial charge in [-0.05, 0) is 49.1 Å². The summed E-state index contributed by atoms with van der Waals surface area (Å²) in [4.78, 5) is 13.6. The molecular formula is C17H17NO2. The molecule has 0 radical (unpaired) electrons. The first-order valence-electron chi connectivity index (χ1n) is 6.86. The van der Waals surface area contributed by atoms with Crippen LogP contribution in [0, 0.1) is 6.92 Å². The quantitative estimate of drug-likeness (QED) is 0.900. The number of hydrogen-bond donors (Lipinski definition) is 1. The Kier molecular flexibility index (Phi) is 3.18. The van der Waals surface area contributed by atoms with Gasteiger partial charge in [-0.3, -0.25) is 0 Å². The molecule has 0 unspecified atom stereocenters. The number of carboxylic acids is 1. The summed E-state index contributed by atoms with van der Waals surface area (Å²) >= 11 is 0. The van der Waals surface area contributed by atoms with Crippen LogP contribution in [-0.2, 0) is 6.42 Å². The van der Waals surface area contributed by atoms with Gasteiger partial charge >= 0.3 is 5.97 Å². The van der Waals surface area contributed by atoms with Crippen molar-refractivity contribution >= 4 is 17.3 Å². The molecule has 20 heavy (non-hydrogen) atoms. The fourth-order valence-electron chi connectivity index (χ4n) is 2.83. The maximum atomic E-state index is 11.5. The summed E-state index contributed by atoms with van der Waals surface area (Å²) in [7, 11) is 0. The van der Waals surface area contributed by atoms with Gasteiger partial charge in [0.1, 0.15) is 0 Å². The molecule has 1 aliphatic rings. The molecule has 2 aromatic rings. The Morgan fingerprint density at radius 1 is 1.15 bits per heavy atom. The summed E-state index contributed by atoms with van der Waals surface area (Å²) in [5.41, 5.74) is 4.66. The zero-order valence-corrected chi connectivity index (χ0v) is 11.5. The van der Waals surface area contributed by atoms with E-state index in [4.69, 9.17) is 0 Å². The van der Waals surface area contributed by atoms with Gasteiger partial charge in [0, 0.05) is 12.2 Å². The van der Waals surface area contributed by atoms with E-state index in [0.29, 0.717) is 5.56 Å². The molecular weight excluding hydrogens is 250 g/mol. The maximum Gasteiger partial charge on any atom is 0.337 e. The van der Waals surface area contributed by atoms with Crippen molar-refractivity contribution < 1.29 is 9.90 Å². The van der Waals surface area contributed by atoms with Gasteiger partial charge in [0.15, 0.2) is 0 Å². The molecule has 0 aromatic heterocycles. The molecule has 0 bridgehead atoms. The van der Waals surface area contributed by atoms with Crippen molar-refractivity contribution in [1.82, 2.24) is 0 Å². The number of rotatable bonds is 2. The minimum absolute atomic E-state index is 0.368. The summed E-state index contributed by atoms with van der Waals surface area (Å²) in [6, 6.07) is 13.8. The zero-order chi connectivity index (χ0) is 14.1. The summed E-state index contributed by atoms with van der Waals surface area (Å²) in [6.07, 6.45) is 2.10. The van der Waals surface area contributed by atoms with E-state index >= 15 is 0 Å². The second kappa shape index (κ2) is 5.00. The molecule has 102 valence electrons. The van der Waals surface area contributed by atoms with Gasteiger partial charge in [-0.25, -0.2) is 4.79 Å². The highest BCUT2D eigenvalue weighted by molar-refractivity contribution is 5.96. The standard InChI is InChI=1S/C17H17NO2/c1-12-8-9-14(17(19)20)16(11-12)18-10-4-6-13-5-2-3-7-15(13)18/h2-3,5,7-9,11H,4,6,10H2,1H3,(H,19,20). The van der Waals surface area contributed by atoms with Crippen LogP contribution in [0.1, 0.15) is 27.9 Å². The number of aryl methyl sites for hydroxylation is 2. The fourth-order valence-corrected chi connectivity index (χ4v) is 2.83. The molecule has 0 atom stereocenters. The monoisotopic (exact) mass is 267 g/mol. The fraction of sp³-hybridized carbons (Fsp3) is 0.235.